The van der Waals surface area contributed by atoms with Gasteiger partial charge in [-0.2, -0.15) is 5.10 Å². The predicted octanol–water partition coefficient (Wildman–Crippen LogP) is 6.36. The number of aromatic amines is 1. The number of fused-ring (bicyclic) bond motifs is 2. The minimum atomic E-state index is -0.518. The van der Waals surface area contributed by atoms with E-state index in [2.05, 4.69) is 20.3 Å². The summed E-state index contributed by atoms with van der Waals surface area (Å²) in [4.78, 5) is 29.4. The Kier molecular flexibility index (Phi) is 5.71. The lowest BCUT2D eigenvalue weighted by atomic mass is 9.95. The van der Waals surface area contributed by atoms with Gasteiger partial charge in [0.15, 0.2) is 5.82 Å². The highest BCUT2D eigenvalue weighted by molar-refractivity contribution is 5.99. The average Bonchev–Trinajstić information content (AvgIpc) is 3.49. The second kappa shape index (κ2) is 9.13. The van der Waals surface area contributed by atoms with Gasteiger partial charge in [-0.25, -0.2) is 9.37 Å². The largest absolute Gasteiger partial charge is 0.335 e. The first-order chi connectivity index (χ1) is 18.7. The van der Waals surface area contributed by atoms with Gasteiger partial charge in [-0.1, -0.05) is 39.0 Å². The number of pyridine rings is 2. The molecule has 1 amide bonds. The van der Waals surface area contributed by atoms with Crippen LogP contribution in [0, 0.1) is 11.2 Å². The molecular weight excluding hydrogens is 493 g/mol. The molecule has 0 fully saturated rings. The van der Waals surface area contributed by atoms with Crippen LogP contribution in [0.2, 0.25) is 0 Å². The van der Waals surface area contributed by atoms with Gasteiger partial charge in [-0.05, 0) is 41.5 Å². The highest BCUT2D eigenvalue weighted by Crippen LogP contribution is 2.34. The van der Waals surface area contributed by atoms with Gasteiger partial charge in [0, 0.05) is 41.4 Å². The van der Waals surface area contributed by atoms with Crippen LogP contribution >= 0.6 is 0 Å². The van der Waals surface area contributed by atoms with E-state index in [4.69, 9.17) is 10.1 Å². The van der Waals surface area contributed by atoms with E-state index in [0.717, 1.165) is 33.1 Å². The maximum absolute atomic E-state index is 13.9. The monoisotopic (exact) mass is 519 g/mol. The van der Waals surface area contributed by atoms with E-state index < -0.39 is 5.41 Å². The van der Waals surface area contributed by atoms with Crippen LogP contribution in [0.25, 0.3) is 55.7 Å². The van der Waals surface area contributed by atoms with Crippen LogP contribution in [0.1, 0.15) is 20.8 Å². The number of nitrogens with one attached hydrogen (secondary N) is 2. The van der Waals surface area contributed by atoms with Gasteiger partial charge in [0.25, 0.3) is 0 Å². The van der Waals surface area contributed by atoms with E-state index in [9.17, 15) is 9.18 Å². The number of anilines is 1. The number of nitrogens with zero attached hydrogens (tertiary/aromatic N) is 5. The summed E-state index contributed by atoms with van der Waals surface area (Å²) >= 11 is 0. The molecule has 4 aromatic heterocycles. The van der Waals surface area contributed by atoms with Crippen molar-refractivity contribution in [1.82, 2.24) is 29.7 Å². The number of hydrogen-bond acceptors (Lipinski definition) is 5. The van der Waals surface area contributed by atoms with Crippen molar-refractivity contribution in [1.29, 1.82) is 0 Å². The van der Waals surface area contributed by atoms with Gasteiger partial charge in [0.05, 0.1) is 34.6 Å². The van der Waals surface area contributed by atoms with Crippen LogP contribution in [-0.2, 0) is 11.8 Å². The maximum atomic E-state index is 13.9. The Morgan fingerprint density at radius 1 is 0.949 bits per heavy atom. The van der Waals surface area contributed by atoms with Gasteiger partial charge in [0.1, 0.15) is 11.5 Å². The lowest BCUT2D eigenvalue weighted by Gasteiger charge is -2.17. The highest BCUT2D eigenvalue weighted by Gasteiger charge is 2.22. The smallest absolute Gasteiger partial charge is 0.229 e. The number of rotatable bonds is 4. The van der Waals surface area contributed by atoms with Gasteiger partial charge in [-0.3, -0.25) is 19.4 Å². The molecule has 4 heterocycles. The first kappa shape index (κ1) is 24.4. The maximum Gasteiger partial charge on any atom is 0.229 e. The van der Waals surface area contributed by atoms with Crippen molar-refractivity contribution in [3.8, 4) is 33.8 Å². The molecule has 6 rings (SSSR count). The van der Waals surface area contributed by atoms with E-state index >= 15 is 0 Å². The Balaban J connectivity index is 1.43. The summed E-state index contributed by atoms with van der Waals surface area (Å²) in [6, 6.07) is 14.4. The molecular formula is C30H26FN7O. The number of carbonyl (C=O) groups is 1. The number of carbonyl (C=O) groups excluding carboxylic acids is 1. The molecule has 194 valence electrons. The minimum Gasteiger partial charge on any atom is -0.335 e. The van der Waals surface area contributed by atoms with E-state index in [1.54, 1.807) is 30.9 Å². The fourth-order valence-corrected chi connectivity index (χ4v) is 4.52. The zero-order chi connectivity index (χ0) is 27.3. The summed E-state index contributed by atoms with van der Waals surface area (Å²) in [6.07, 6.45) is 6.80. The summed E-state index contributed by atoms with van der Waals surface area (Å²) in [5.41, 5.74) is 6.37. The average molecular weight is 520 g/mol. The standard InChI is InChI=1S/C30H26FN7O/c1-30(2,3)29(39)34-21-11-19(13-32-14-21)17-8-9-25-22(12-17)27(37-38(25)4)28-35-24-16-33-15-23(26(24)36-28)18-6-5-7-20(31)10-18/h5-16H,1-4H3,(H,34,39)(H,35,36). The SMILES string of the molecule is Cn1nc(-c2nc3c(-c4cccc(F)c4)cncc3[nH]2)c2cc(-c3cncc(NC(=O)C(C)(C)C)c3)ccc21. The van der Waals surface area contributed by atoms with Crippen molar-refractivity contribution in [3.05, 3.63) is 79.1 Å². The number of H-pyrrole nitrogens is 1. The van der Waals surface area contributed by atoms with Crippen molar-refractivity contribution in [2.75, 3.05) is 5.32 Å². The lowest BCUT2D eigenvalue weighted by Crippen LogP contribution is -2.27. The number of benzene rings is 2. The van der Waals surface area contributed by atoms with E-state index in [-0.39, 0.29) is 11.7 Å². The number of aromatic nitrogens is 6. The normalized spacial score (nSPS) is 11.8. The highest BCUT2D eigenvalue weighted by atomic mass is 19.1. The summed E-state index contributed by atoms with van der Waals surface area (Å²) in [7, 11) is 1.89. The first-order valence-corrected chi connectivity index (χ1v) is 12.5. The Morgan fingerprint density at radius 2 is 1.77 bits per heavy atom. The molecule has 0 aliphatic rings. The van der Waals surface area contributed by atoms with E-state index in [1.807, 2.05) is 62.8 Å². The molecule has 39 heavy (non-hydrogen) atoms. The quantitative estimate of drug-likeness (QED) is 0.282. The molecule has 0 aliphatic heterocycles. The number of imidazole rings is 1. The van der Waals surface area contributed by atoms with Gasteiger partial charge >= 0.3 is 0 Å². The lowest BCUT2D eigenvalue weighted by molar-refractivity contribution is -0.123. The minimum absolute atomic E-state index is 0.0802. The number of halogens is 1. The number of aryl methyl sites for hydroxylation is 1. The van der Waals surface area contributed by atoms with Gasteiger partial charge < -0.3 is 10.3 Å². The third-order valence-electron chi connectivity index (χ3n) is 6.62. The zero-order valence-electron chi connectivity index (χ0n) is 22.0. The van der Waals surface area contributed by atoms with Crippen molar-refractivity contribution in [2.24, 2.45) is 12.5 Å². The van der Waals surface area contributed by atoms with Gasteiger partial charge in [-0.15, -0.1) is 0 Å². The molecule has 0 spiro atoms. The third kappa shape index (κ3) is 4.52. The summed E-state index contributed by atoms with van der Waals surface area (Å²) in [5, 5.41) is 8.61. The molecule has 0 saturated heterocycles. The van der Waals surface area contributed by atoms with Crippen LogP contribution in [0.5, 0.6) is 0 Å². The van der Waals surface area contributed by atoms with E-state index in [1.165, 1.54) is 12.1 Å². The van der Waals surface area contributed by atoms with Crippen molar-refractivity contribution in [3.63, 3.8) is 0 Å². The third-order valence-corrected chi connectivity index (χ3v) is 6.62. The summed E-state index contributed by atoms with van der Waals surface area (Å²) in [6.45, 7) is 5.60. The molecule has 2 aromatic carbocycles. The number of hydrogen-bond donors (Lipinski definition) is 2. The Hall–Kier alpha value is -4.92. The zero-order valence-corrected chi connectivity index (χ0v) is 22.0. The molecule has 0 aliphatic carbocycles. The number of amides is 1. The van der Waals surface area contributed by atoms with Crippen molar-refractivity contribution >= 4 is 33.5 Å². The molecule has 0 saturated carbocycles. The Morgan fingerprint density at radius 3 is 2.56 bits per heavy atom. The molecule has 0 bridgehead atoms. The van der Waals surface area contributed by atoms with Crippen LogP contribution in [-0.4, -0.2) is 35.6 Å². The topological polar surface area (TPSA) is 101 Å². The van der Waals surface area contributed by atoms with Crippen molar-refractivity contribution < 1.29 is 9.18 Å². The predicted molar refractivity (Wildman–Crippen MR) is 150 cm³/mol. The van der Waals surface area contributed by atoms with Crippen LogP contribution < -0.4 is 5.32 Å². The van der Waals surface area contributed by atoms with Crippen molar-refractivity contribution in [2.45, 2.75) is 20.8 Å². The second-order valence-electron chi connectivity index (χ2n) is 10.5. The first-order valence-electron chi connectivity index (χ1n) is 12.5. The fourth-order valence-electron chi connectivity index (χ4n) is 4.52. The Bertz CT molecular complexity index is 1880. The summed E-state index contributed by atoms with van der Waals surface area (Å²) < 4.78 is 15.7. The van der Waals surface area contributed by atoms with Crippen LogP contribution in [0.3, 0.4) is 0 Å². The molecule has 2 N–H and O–H groups in total. The molecule has 9 heteroatoms. The molecule has 0 radical (unpaired) electrons. The molecule has 0 atom stereocenters. The summed E-state index contributed by atoms with van der Waals surface area (Å²) in [5.74, 6) is 0.186. The Labute approximate surface area is 224 Å². The second-order valence-corrected chi connectivity index (χ2v) is 10.5. The van der Waals surface area contributed by atoms with E-state index in [0.29, 0.717) is 28.3 Å². The molecule has 0 unspecified atom stereocenters. The van der Waals surface area contributed by atoms with Crippen LogP contribution in [0.15, 0.2) is 73.3 Å². The molecule has 8 nitrogen and oxygen atoms in total. The molecule has 6 aromatic rings. The van der Waals surface area contributed by atoms with Gasteiger partial charge in [0.2, 0.25) is 5.91 Å². The van der Waals surface area contributed by atoms with Crippen LogP contribution in [0.4, 0.5) is 10.1 Å². The fraction of sp³-hybridized carbons (Fsp3) is 0.167.